The second-order valence-corrected chi connectivity index (χ2v) is 33.5. The number of imidazole rings is 1. The predicted octanol–water partition coefficient (Wildman–Crippen LogP) is 0.220. The number of ketones is 2. The molecule has 22 N–H and O–H groups in total. The topological polar surface area (TPSA) is 598 Å². The van der Waals surface area contributed by atoms with Crippen LogP contribution in [0.25, 0.3) is 10.9 Å². The molecule has 2 aromatic carbocycles. The Morgan fingerprint density at radius 2 is 1.33 bits per heavy atom. The number of carboxylic acids is 1. The third-order valence-electron chi connectivity index (χ3n) is 24.4. The van der Waals surface area contributed by atoms with Crippen LogP contribution in [0.3, 0.4) is 0 Å². The highest BCUT2D eigenvalue weighted by atomic mass is 16.5. The first-order valence-corrected chi connectivity index (χ1v) is 41.7. The Balaban J connectivity index is 0.946. The number of phenols is 1. The molecule has 0 radical (unpaired) electrons. The number of hydrogen-bond donors (Lipinski definition) is 18. The number of phenolic OH excluding ortho intramolecular Hbond substituents is 1. The van der Waals surface area contributed by atoms with Gasteiger partial charge in [-0.2, -0.15) is 0 Å². The summed E-state index contributed by atoms with van der Waals surface area (Å²) in [6, 6.07) is -0.863. The number of aromatic hydroxyl groups is 1. The first kappa shape index (κ1) is 93.2. The lowest BCUT2D eigenvalue weighted by Gasteiger charge is -2.60. The van der Waals surface area contributed by atoms with Crippen LogP contribution in [0.15, 0.2) is 83.9 Å². The van der Waals surface area contributed by atoms with Crippen LogP contribution in [0.5, 0.6) is 5.75 Å². The number of amides is 11. The zero-order valence-electron chi connectivity index (χ0n) is 69.2. The van der Waals surface area contributed by atoms with Gasteiger partial charge in [0.05, 0.1) is 31.9 Å². The number of fused-ring (bicyclic) bond motifs is 6. The number of benzene rings is 2. The van der Waals surface area contributed by atoms with Gasteiger partial charge in [-0.25, -0.2) is 4.98 Å². The monoisotopic (exact) mass is 1680 g/mol. The van der Waals surface area contributed by atoms with Gasteiger partial charge in [-0.1, -0.05) is 63.6 Å². The van der Waals surface area contributed by atoms with Gasteiger partial charge in [0.15, 0.2) is 11.7 Å². The number of nitrogens with zero attached hydrogens (tertiary/aromatic N) is 3. The quantitative estimate of drug-likeness (QED) is 0.0122. The molecule has 4 aromatic rings. The number of H-pyrrole nitrogens is 2. The lowest BCUT2D eigenvalue weighted by molar-refractivity contribution is -0.178. The van der Waals surface area contributed by atoms with Crippen molar-refractivity contribution in [3.8, 4) is 5.75 Å². The third kappa shape index (κ3) is 25.2. The van der Waals surface area contributed by atoms with Crippen LogP contribution in [0.4, 0.5) is 0 Å². The molecule has 37 heteroatoms. The summed E-state index contributed by atoms with van der Waals surface area (Å²) in [6.45, 7) is 7.96. The lowest BCUT2D eigenvalue weighted by atomic mass is 9.46. The maximum Gasteiger partial charge on any atom is 0.306 e. The van der Waals surface area contributed by atoms with Gasteiger partial charge in [0, 0.05) is 99.0 Å². The van der Waals surface area contributed by atoms with Gasteiger partial charge < -0.3 is 106 Å². The van der Waals surface area contributed by atoms with E-state index in [-0.39, 0.29) is 156 Å². The molecular weight excluding hydrogens is 1570 g/mol. The Morgan fingerprint density at radius 1 is 0.694 bits per heavy atom. The second-order valence-electron chi connectivity index (χ2n) is 33.5. The highest BCUT2D eigenvalue weighted by Gasteiger charge is 2.64. The molecular formula is C84H118N18O19. The molecule has 5 aliphatic rings. The van der Waals surface area contributed by atoms with E-state index in [1.165, 1.54) is 41.7 Å². The summed E-state index contributed by atoms with van der Waals surface area (Å²) in [6.07, 6.45) is 8.61. The largest absolute Gasteiger partial charge is 0.508 e. The molecule has 658 valence electrons. The number of Topliss-reactive ketones (excluding diaryl/α,β-unsaturated/α-hetero) is 1. The van der Waals surface area contributed by atoms with E-state index in [9.17, 15) is 77.6 Å². The van der Waals surface area contributed by atoms with Crippen LogP contribution in [-0.4, -0.2) is 223 Å². The molecule has 9 rings (SSSR count). The summed E-state index contributed by atoms with van der Waals surface area (Å²) < 4.78 is 6.45. The highest BCUT2D eigenvalue weighted by Crippen LogP contribution is 2.67. The number of carbonyl (C=O) groups is 15. The maximum absolute atomic E-state index is 15.3. The number of aromatic amines is 2. The fourth-order valence-corrected chi connectivity index (χ4v) is 18.3. The summed E-state index contributed by atoms with van der Waals surface area (Å²) in [5.74, 6) is -11.8. The Bertz CT molecular complexity index is 4470. The molecule has 1 saturated heterocycles. The van der Waals surface area contributed by atoms with E-state index in [4.69, 9.17) is 27.7 Å². The number of rotatable bonds is 44. The Labute approximate surface area is 700 Å². The molecule has 4 fully saturated rings. The predicted molar refractivity (Wildman–Crippen MR) is 440 cm³/mol. The normalized spacial score (nSPS) is 22.3. The maximum atomic E-state index is 15.3. The van der Waals surface area contributed by atoms with Gasteiger partial charge in [-0.05, 0) is 167 Å². The molecule has 1 aliphatic heterocycles. The number of guanidine groups is 1. The molecule has 3 saturated carbocycles. The summed E-state index contributed by atoms with van der Waals surface area (Å²) in [4.78, 5) is 223. The van der Waals surface area contributed by atoms with Crippen molar-refractivity contribution in [1.29, 1.82) is 0 Å². The molecule has 2 aromatic heterocycles. The molecule has 0 bridgehead atoms. The van der Waals surface area contributed by atoms with Crippen molar-refractivity contribution < 1.29 is 92.0 Å². The van der Waals surface area contributed by atoms with E-state index in [0.717, 1.165) is 31.3 Å². The number of aliphatic imine (C=N–C) groups is 1. The number of para-hydroxylation sites is 1. The number of aliphatic carboxylic acids is 1. The van der Waals surface area contributed by atoms with Gasteiger partial charge in [-0.15, -0.1) is 0 Å². The van der Waals surface area contributed by atoms with E-state index in [0.29, 0.717) is 53.4 Å². The first-order valence-electron chi connectivity index (χ1n) is 41.7. The number of aliphatic hydroxyl groups is 1. The number of carbonyl (C=O) groups excluding carboxylic acids is 14. The number of nitrogens with two attached hydrogens (primary N) is 4. The van der Waals surface area contributed by atoms with Crippen LogP contribution in [0.1, 0.15) is 173 Å². The van der Waals surface area contributed by atoms with Gasteiger partial charge >= 0.3 is 11.9 Å². The van der Waals surface area contributed by atoms with Crippen molar-refractivity contribution in [3.63, 3.8) is 0 Å². The number of carboxylic acid groups (broad SMARTS) is 1. The average molecular weight is 1680 g/mol. The Morgan fingerprint density at radius 3 is 2.00 bits per heavy atom. The Kier molecular flexibility index (Phi) is 33.2. The number of ether oxygens (including phenoxy) is 1. The molecule has 4 aliphatic carbocycles. The number of unbranched alkanes of at least 4 members (excludes halogenated alkanes) is 1. The number of aliphatic hydroxyl groups excluding tert-OH is 1. The van der Waals surface area contributed by atoms with E-state index < -0.39 is 168 Å². The summed E-state index contributed by atoms with van der Waals surface area (Å²) in [5.41, 5.74) is 24.7. The zero-order chi connectivity index (χ0) is 88.0. The molecule has 0 spiro atoms. The fraction of sp³-hybridized carbons (Fsp3) is 0.583. The first-order chi connectivity index (χ1) is 57.5. The smallest absolute Gasteiger partial charge is 0.306 e. The minimum absolute atomic E-state index is 0.00406. The third-order valence-corrected chi connectivity index (χ3v) is 24.4. The van der Waals surface area contributed by atoms with E-state index in [1.54, 1.807) is 57.3 Å². The van der Waals surface area contributed by atoms with E-state index >= 15 is 9.59 Å². The van der Waals surface area contributed by atoms with Crippen molar-refractivity contribution in [3.05, 3.63) is 95.7 Å². The molecule has 11 amide bonds. The Hall–Kier alpha value is -11.6. The number of primary amides is 1. The minimum Gasteiger partial charge on any atom is -0.508 e. The summed E-state index contributed by atoms with van der Waals surface area (Å²) >= 11 is 0. The number of allylic oxidation sites excluding steroid dienone is 1. The molecule has 121 heavy (non-hydrogen) atoms. The zero-order valence-corrected chi connectivity index (χ0v) is 69.2. The molecule has 37 nitrogen and oxygen atoms in total. The fourth-order valence-electron chi connectivity index (χ4n) is 18.3. The summed E-state index contributed by atoms with van der Waals surface area (Å²) in [7, 11) is 0. The lowest BCUT2D eigenvalue weighted by Crippen LogP contribution is -2.61. The van der Waals surface area contributed by atoms with Crippen molar-refractivity contribution in [2.45, 2.75) is 236 Å². The highest BCUT2D eigenvalue weighted by molar-refractivity contribution is 6.00. The van der Waals surface area contributed by atoms with Crippen molar-refractivity contribution >= 4 is 105 Å². The van der Waals surface area contributed by atoms with Crippen LogP contribution < -0.4 is 70.8 Å². The number of likely N-dealkylation sites (tertiary alicyclic amines) is 1. The van der Waals surface area contributed by atoms with Gasteiger partial charge in [0.2, 0.25) is 65.0 Å². The van der Waals surface area contributed by atoms with Gasteiger partial charge in [-0.3, -0.25) is 76.9 Å². The van der Waals surface area contributed by atoms with Crippen molar-refractivity contribution in [2.24, 2.45) is 68.3 Å². The van der Waals surface area contributed by atoms with Gasteiger partial charge in [0.25, 0.3) is 0 Å². The van der Waals surface area contributed by atoms with Gasteiger partial charge in [0.1, 0.15) is 66.0 Å². The van der Waals surface area contributed by atoms with Crippen LogP contribution in [0, 0.1) is 40.4 Å². The van der Waals surface area contributed by atoms with Crippen LogP contribution in [0.2, 0.25) is 0 Å². The average Bonchev–Trinajstić information content (AvgIpc) is 1.69. The minimum atomic E-state index is -1.89. The number of nitrogens with one attached hydrogen (secondary N) is 11. The standard InChI is InChI=1S/C84H118N18O19/c1-45(2)34-61(75(114)96-60(15-10-32-91-82(87)88)81(120)102-33-11-16-66(102)80(119)93-42-68(86)107)98-74(113)59(14-8-9-31-90-69(108)26-28-71(111)121-67-39-84(5)55(46(3)104)23-24-56(84)54-22-19-49-37-52(106)29-30-83(49,4)72(54)67)95-76(115)62(35-47-17-20-51(105)21-18-47)99-79(118)65(43-103)101-77(116)63(36-48-40-92-58-13-7-6-12-53(48)58)100-78(117)64(38-50-41-89-44-94-50)97-73(112)57(85)25-27-70(109)110/h6-7,12-13,17-18,20-21,37,40-41,44-45,54-57,59-67,72,92,103,105H,8-11,14-16,19,22-36,38-39,42-43,85H2,1-5H3,(H2,86,107)(H,89,94)(H,90,108)(H,93,119)(H,95,115)(H,96,114)(H,97,112)(H,98,113)(H,99,118)(H,100,117)(H,101,116)(H,109,110)(H4,87,88,91)/t54?,55?,56?,57-,59+,60-,61-,62-,63-,64-,65-,66-,67?,72?,83?,84?/m0/s1. The van der Waals surface area contributed by atoms with E-state index in [1.807, 2.05) is 0 Å². The number of aromatic nitrogens is 3. The number of hydrogen-bond acceptors (Lipinski definition) is 21. The van der Waals surface area contributed by atoms with Crippen molar-refractivity contribution in [1.82, 2.24) is 67.7 Å². The molecule has 16 atom stereocenters. The van der Waals surface area contributed by atoms with E-state index in [2.05, 4.69) is 81.6 Å². The SMILES string of the molecule is CC(=O)C1CCC2C3CCC4=CC(=O)CCC4(C)C3C(OC(=O)CCC(=O)NCCCC[C@@H](NC(=O)[C@H](Cc3ccc(O)cc3)NC(=O)[C@H](CO)NC(=O)[C@H](Cc3c[nH]c4ccccc34)NC(=O)[C@H](Cc3cnc[nH]3)NC(=O)[C@@H](N)CCC(=O)O)C(=O)N[C@@H](CC(C)C)C(=O)N[C@@H](CCCN=C(N)N)C(=O)N3CCC[C@H]3C(=O)NCC(N)=O)CC12C. The van der Waals surface area contributed by atoms with Crippen LogP contribution in [-0.2, 0) is 95.9 Å². The number of esters is 1. The molecule has 7 unspecified atom stereocenters. The summed E-state index contributed by atoms with van der Waals surface area (Å²) in [5, 5.41) is 55.1. The second kappa shape index (κ2) is 43.0. The van der Waals surface area contributed by atoms with Crippen LogP contribution >= 0.6 is 0 Å². The van der Waals surface area contributed by atoms with Crippen molar-refractivity contribution in [2.75, 3.05) is 32.8 Å². The molecule has 3 heterocycles.